The van der Waals surface area contributed by atoms with E-state index in [9.17, 15) is 0 Å². The van der Waals surface area contributed by atoms with Crippen LogP contribution in [-0.4, -0.2) is 15.0 Å². The van der Waals surface area contributed by atoms with Gasteiger partial charge in [0.15, 0.2) is 17.5 Å². The highest BCUT2D eigenvalue weighted by Crippen LogP contribution is 2.55. The van der Waals surface area contributed by atoms with Gasteiger partial charge in [0.1, 0.15) is 11.2 Å². The van der Waals surface area contributed by atoms with Crippen LogP contribution in [0.5, 0.6) is 0 Å². The molecule has 2 aliphatic carbocycles. The number of benzene rings is 9. The summed E-state index contributed by atoms with van der Waals surface area (Å²) in [6.07, 6.45) is 0. The van der Waals surface area contributed by atoms with Crippen molar-refractivity contribution in [2.75, 3.05) is 0 Å². The van der Waals surface area contributed by atoms with Gasteiger partial charge in [0.2, 0.25) is 0 Å². The number of furan rings is 1. The summed E-state index contributed by atoms with van der Waals surface area (Å²) >= 11 is 0. The Kier molecular flexibility index (Phi) is 7.38. The third kappa shape index (κ3) is 5.18. The number of para-hydroxylation sites is 1. The van der Waals surface area contributed by atoms with Gasteiger partial charge in [-0.3, -0.25) is 0 Å². The van der Waals surface area contributed by atoms with Crippen LogP contribution in [0.4, 0.5) is 0 Å². The second-order valence-corrected chi connectivity index (χ2v) is 18.4. The van der Waals surface area contributed by atoms with E-state index in [2.05, 4.69) is 191 Å². The van der Waals surface area contributed by atoms with Crippen LogP contribution in [0.3, 0.4) is 0 Å². The number of fused-ring (bicyclic) bond motifs is 13. The first-order valence-electron chi connectivity index (χ1n) is 21.8. The summed E-state index contributed by atoms with van der Waals surface area (Å²) in [7, 11) is 0. The van der Waals surface area contributed by atoms with Crippen LogP contribution in [0.1, 0.15) is 49.9 Å². The third-order valence-corrected chi connectivity index (χ3v) is 14.1. The van der Waals surface area contributed by atoms with Gasteiger partial charge < -0.3 is 4.42 Å². The lowest BCUT2D eigenvalue weighted by molar-refractivity contribution is 0.653. The van der Waals surface area contributed by atoms with Crippen molar-refractivity contribution in [2.45, 2.75) is 38.5 Å². The predicted octanol–water partition coefficient (Wildman–Crippen LogP) is 15.4. The van der Waals surface area contributed by atoms with Crippen LogP contribution in [0.2, 0.25) is 0 Å². The van der Waals surface area contributed by atoms with Crippen molar-refractivity contribution in [1.82, 2.24) is 15.0 Å². The number of nitrogens with zero attached hydrogens (tertiary/aromatic N) is 3. The zero-order chi connectivity index (χ0) is 42.2. The second kappa shape index (κ2) is 12.9. The largest absolute Gasteiger partial charge is 0.455 e. The summed E-state index contributed by atoms with van der Waals surface area (Å²) < 4.78 is 6.88. The third-order valence-electron chi connectivity index (χ3n) is 14.1. The maximum absolute atomic E-state index is 6.88. The highest BCUT2D eigenvalue weighted by Gasteiger charge is 2.39. The van der Waals surface area contributed by atoms with Gasteiger partial charge in [-0.2, -0.15) is 0 Å². The molecule has 0 aliphatic heterocycles. The molecule has 4 nitrogen and oxygen atoms in total. The average Bonchev–Trinajstić information content (AvgIpc) is 3.90. The molecule has 0 unspecified atom stereocenters. The summed E-state index contributed by atoms with van der Waals surface area (Å²) in [6.45, 7) is 9.30. The molecule has 13 rings (SSSR count). The highest BCUT2D eigenvalue weighted by molar-refractivity contribution is 6.18. The fraction of sp³-hybridized carbons (Fsp3) is 0.102. The van der Waals surface area contributed by atoms with E-state index in [0.717, 1.165) is 55.3 Å². The molecule has 2 aliphatic rings. The summed E-state index contributed by atoms with van der Waals surface area (Å²) in [4.78, 5) is 16.1. The lowest BCUT2D eigenvalue weighted by atomic mass is 9.81. The molecule has 2 aromatic heterocycles. The lowest BCUT2D eigenvalue weighted by Crippen LogP contribution is -2.15. The molecular weight excluding hydrogens is 767 g/mol. The molecule has 0 fully saturated rings. The molecule has 9 aromatic carbocycles. The van der Waals surface area contributed by atoms with Gasteiger partial charge in [-0.15, -0.1) is 0 Å². The highest BCUT2D eigenvalue weighted by atomic mass is 16.3. The maximum Gasteiger partial charge on any atom is 0.164 e. The van der Waals surface area contributed by atoms with Crippen LogP contribution in [0, 0.1) is 0 Å². The first kappa shape index (κ1) is 36.0. The van der Waals surface area contributed by atoms with Crippen LogP contribution in [-0.2, 0) is 10.8 Å². The van der Waals surface area contributed by atoms with Crippen molar-refractivity contribution in [2.24, 2.45) is 0 Å². The minimum atomic E-state index is -0.269. The van der Waals surface area contributed by atoms with E-state index in [1.807, 2.05) is 12.1 Å². The first-order chi connectivity index (χ1) is 30.7. The van der Waals surface area contributed by atoms with Crippen LogP contribution in [0.25, 0.3) is 111 Å². The minimum Gasteiger partial charge on any atom is -0.455 e. The van der Waals surface area contributed by atoms with Crippen LogP contribution in [0.15, 0.2) is 180 Å². The van der Waals surface area contributed by atoms with E-state index < -0.39 is 0 Å². The molecular formula is C59H41N3O. The Balaban J connectivity index is 1.06. The topological polar surface area (TPSA) is 51.8 Å². The number of aromatic nitrogens is 3. The SMILES string of the molecule is CC1(C)c2ccccc2-c2cc3c(ccc4ccc(-c5nc(-c6ccc(-c7ccccc7)cc6)nc(-c6cc7c(c8oc9ccccc9c68)-c6ccccc6C7(C)C)n5)cc43)cc21. The Bertz CT molecular complexity index is 3730. The van der Waals surface area contributed by atoms with E-state index >= 15 is 0 Å². The Morgan fingerprint density at radius 2 is 0.937 bits per heavy atom. The average molecular weight is 808 g/mol. The quantitative estimate of drug-likeness (QED) is 0.166. The van der Waals surface area contributed by atoms with Gasteiger partial charge in [0.25, 0.3) is 0 Å². The molecule has 0 amide bonds. The standard InChI is InChI=1S/C59H41N3O/c1-58(2)47-19-11-8-16-40(47)45-32-44-38(31-49(45)58)28-24-36-25-29-39(30-43(36)44)56-60-55(37-26-22-35(23-27-37)34-14-6-5-7-15-34)61-57(62-56)46-33-50-53(41-17-9-12-20-48(41)59(50,3)4)54-52(46)42-18-10-13-21-51(42)63-54/h5-33H,1-4H3. The molecule has 0 atom stereocenters. The summed E-state index contributed by atoms with van der Waals surface area (Å²) in [6, 6.07) is 63.3. The molecule has 11 aromatic rings. The molecule has 0 spiro atoms. The van der Waals surface area contributed by atoms with Gasteiger partial charge in [0, 0.05) is 43.9 Å². The Hall–Kier alpha value is -7.69. The van der Waals surface area contributed by atoms with Gasteiger partial charge in [-0.1, -0.05) is 173 Å². The molecule has 2 heterocycles. The minimum absolute atomic E-state index is 0.0742. The summed E-state index contributed by atoms with van der Waals surface area (Å²) in [5.74, 6) is 1.86. The molecule has 0 N–H and O–H groups in total. The molecule has 0 radical (unpaired) electrons. The predicted molar refractivity (Wildman–Crippen MR) is 259 cm³/mol. The zero-order valence-corrected chi connectivity index (χ0v) is 35.5. The van der Waals surface area contributed by atoms with Crippen molar-refractivity contribution in [3.05, 3.63) is 198 Å². The Labute approximate surface area is 365 Å². The summed E-state index contributed by atoms with van der Waals surface area (Å²) in [5, 5.41) is 6.85. The fourth-order valence-corrected chi connectivity index (χ4v) is 10.8. The van der Waals surface area contributed by atoms with E-state index in [-0.39, 0.29) is 10.8 Å². The molecule has 63 heavy (non-hydrogen) atoms. The van der Waals surface area contributed by atoms with Crippen molar-refractivity contribution >= 4 is 43.5 Å². The zero-order valence-electron chi connectivity index (χ0n) is 35.5. The van der Waals surface area contributed by atoms with Gasteiger partial charge >= 0.3 is 0 Å². The summed E-state index contributed by atoms with van der Waals surface area (Å²) in [5.41, 5.74) is 16.7. The van der Waals surface area contributed by atoms with Gasteiger partial charge in [-0.05, 0) is 102 Å². The Morgan fingerprint density at radius 1 is 0.365 bits per heavy atom. The molecule has 4 heteroatoms. The first-order valence-corrected chi connectivity index (χ1v) is 21.8. The van der Waals surface area contributed by atoms with Crippen LogP contribution >= 0.6 is 0 Å². The molecule has 0 bridgehead atoms. The van der Waals surface area contributed by atoms with Crippen molar-refractivity contribution in [1.29, 1.82) is 0 Å². The normalized spacial score (nSPS) is 14.3. The fourth-order valence-electron chi connectivity index (χ4n) is 10.8. The van der Waals surface area contributed by atoms with Crippen LogP contribution < -0.4 is 0 Å². The van der Waals surface area contributed by atoms with E-state index in [0.29, 0.717) is 17.5 Å². The molecule has 298 valence electrons. The smallest absolute Gasteiger partial charge is 0.164 e. The number of hydrogen-bond donors (Lipinski definition) is 0. The second-order valence-electron chi connectivity index (χ2n) is 18.4. The Morgan fingerprint density at radius 3 is 1.75 bits per heavy atom. The van der Waals surface area contributed by atoms with Crippen molar-refractivity contribution < 1.29 is 4.42 Å². The monoisotopic (exact) mass is 807 g/mol. The van der Waals surface area contributed by atoms with E-state index in [1.54, 1.807) is 0 Å². The molecule has 0 saturated carbocycles. The number of rotatable bonds is 4. The lowest BCUT2D eigenvalue weighted by Gasteiger charge is -2.22. The van der Waals surface area contributed by atoms with Gasteiger partial charge in [0.05, 0.1) is 0 Å². The van der Waals surface area contributed by atoms with E-state index in [4.69, 9.17) is 19.4 Å². The van der Waals surface area contributed by atoms with Crippen molar-refractivity contribution in [3.8, 4) is 67.5 Å². The van der Waals surface area contributed by atoms with Gasteiger partial charge in [-0.25, -0.2) is 15.0 Å². The number of hydrogen-bond acceptors (Lipinski definition) is 4. The van der Waals surface area contributed by atoms with Crippen molar-refractivity contribution in [3.63, 3.8) is 0 Å². The molecule has 0 saturated heterocycles. The maximum atomic E-state index is 6.88. The van der Waals surface area contributed by atoms with E-state index in [1.165, 1.54) is 60.5 Å².